The maximum absolute atomic E-state index is 12.2. The van der Waals surface area contributed by atoms with Crippen molar-refractivity contribution in [3.8, 4) is 5.75 Å². The van der Waals surface area contributed by atoms with Gasteiger partial charge in [-0.3, -0.25) is 4.79 Å². The van der Waals surface area contributed by atoms with Gasteiger partial charge < -0.3 is 24.4 Å². The molecule has 3 rings (SSSR count). The molecule has 1 fully saturated rings. The number of carboxylic acids is 2. The van der Waals surface area contributed by atoms with E-state index in [9.17, 15) is 4.79 Å². The number of aromatic nitrogens is 2. The van der Waals surface area contributed by atoms with E-state index in [4.69, 9.17) is 24.5 Å². The summed E-state index contributed by atoms with van der Waals surface area (Å²) < 4.78 is 7.00. The Kier molecular flexibility index (Phi) is 7.76. The predicted octanol–water partition coefficient (Wildman–Crippen LogP) is 1.40. The third kappa shape index (κ3) is 6.06. The van der Waals surface area contributed by atoms with Gasteiger partial charge in [-0.05, 0) is 36.8 Å². The quantitative estimate of drug-likeness (QED) is 0.719. The van der Waals surface area contributed by atoms with Crippen LogP contribution in [0.2, 0.25) is 0 Å². The first-order valence-electron chi connectivity index (χ1n) is 9.18. The molecule has 0 radical (unpaired) electrons. The second kappa shape index (κ2) is 10.3. The summed E-state index contributed by atoms with van der Waals surface area (Å²) in [5, 5.41) is 14.8. The maximum Gasteiger partial charge on any atom is 0.414 e. The molecule has 0 aliphatic carbocycles. The van der Waals surface area contributed by atoms with Gasteiger partial charge in [-0.1, -0.05) is 18.2 Å². The van der Waals surface area contributed by atoms with Crippen molar-refractivity contribution < 1.29 is 24.5 Å². The Morgan fingerprint density at radius 3 is 2.59 bits per heavy atom. The van der Waals surface area contributed by atoms with Crippen LogP contribution in [0.1, 0.15) is 18.4 Å². The number of nitrogens with zero attached hydrogens (tertiary/aromatic N) is 3. The molecule has 9 nitrogen and oxygen atoms in total. The Morgan fingerprint density at radius 2 is 1.93 bits per heavy atom. The number of aliphatic carboxylic acids is 2. The van der Waals surface area contributed by atoms with E-state index in [1.165, 1.54) is 5.56 Å². The fourth-order valence-corrected chi connectivity index (χ4v) is 3.23. The number of carbonyl (C=O) groups is 2. The topological polar surface area (TPSA) is 122 Å². The second-order valence-corrected chi connectivity index (χ2v) is 6.73. The number of aryl methyl sites for hydroxylation is 2. The average molecular weight is 403 g/mol. The number of ether oxygens (including phenoxy) is 1. The zero-order valence-corrected chi connectivity index (χ0v) is 16.4. The van der Waals surface area contributed by atoms with Crippen LogP contribution >= 0.6 is 0 Å². The molecular formula is C20H25N3O6. The van der Waals surface area contributed by atoms with Crippen molar-refractivity contribution in [2.45, 2.75) is 19.3 Å². The number of methoxy groups -OCH3 is 1. The number of hydrogen-bond donors (Lipinski definition) is 2. The zero-order valence-electron chi connectivity index (χ0n) is 16.4. The summed E-state index contributed by atoms with van der Waals surface area (Å²) >= 11 is 0. The van der Waals surface area contributed by atoms with Crippen molar-refractivity contribution in [2.24, 2.45) is 13.0 Å². The van der Waals surface area contributed by atoms with Gasteiger partial charge in [0.1, 0.15) is 5.75 Å². The van der Waals surface area contributed by atoms with Gasteiger partial charge in [0.05, 0.1) is 7.11 Å². The van der Waals surface area contributed by atoms with E-state index in [2.05, 4.69) is 22.0 Å². The Morgan fingerprint density at radius 1 is 1.24 bits per heavy atom. The lowest BCUT2D eigenvalue weighted by Crippen LogP contribution is -2.30. The van der Waals surface area contributed by atoms with Crippen molar-refractivity contribution >= 4 is 17.8 Å². The molecule has 156 valence electrons. The SMILES string of the molecule is COc1ccccc1CCC1CCN(c2nccn(C)c2=O)C1.O=C(O)C(=O)O. The molecule has 1 unspecified atom stereocenters. The third-order valence-electron chi connectivity index (χ3n) is 4.78. The van der Waals surface area contributed by atoms with Crippen molar-refractivity contribution in [3.05, 3.63) is 52.6 Å². The molecule has 2 heterocycles. The van der Waals surface area contributed by atoms with Gasteiger partial charge in [0.25, 0.3) is 5.56 Å². The molecule has 0 bridgehead atoms. The Hall–Kier alpha value is -3.36. The van der Waals surface area contributed by atoms with Crippen LogP contribution in [0, 0.1) is 5.92 Å². The summed E-state index contributed by atoms with van der Waals surface area (Å²) in [6.07, 6.45) is 6.60. The van der Waals surface area contributed by atoms with Crippen molar-refractivity contribution in [3.63, 3.8) is 0 Å². The highest BCUT2D eigenvalue weighted by molar-refractivity contribution is 6.27. The van der Waals surface area contributed by atoms with Gasteiger partial charge in [0.15, 0.2) is 5.82 Å². The lowest BCUT2D eigenvalue weighted by molar-refractivity contribution is -0.159. The number of rotatable bonds is 5. The van der Waals surface area contributed by atoms with Crippen LogP contribution < -0.4 is 15.2 Å². The average Bonchev–Trinajstić information content (AvgIpc) is 3.18. The van der Waals surface area contributed by atoms with Crippen LogP contribution in [0.3, 0.4) is 0 Å². The highest BCUT2D eigenvalue weighted by atomic mass is 16.5. The molecule has 2 aromatic rings. The summed E-state index contributed by atoms with van der Waals surface area (Å²) in [5.74, 6) is -1.52. The van der Waals surface area contributed by atoms with Crippen LogP contribution in [-0.2, 0) is 23.1 Å². The van der Waals surface area contributed by atoms with Gasteiger partial charge in [-0.15, -0.1) is 0 Å². The highest BCUT2D eigenvalue weighted by Gasteiger charge is 2.25. The van der Waals surface area contributed by atoms with Crippen LogP contribution in [0.4, 0.5) is 5.82 Å². The third-order valence-corrected chi connectivity index (χ3v) is 4.78. The van der Waals surface area contributed by atoms with E-state index in [1.807, 2.05) is 12.1 Å². The van der Waals surface area contributed by atoms with Crippen molar-refractivity contribution in [2.75, 3.05) is 25.1 Å². The number of hydrogen-bond acceptors (Lipinski definition) is 6. The van der Waals surface area contributed by atoms with E-state index >= 15 is 0 Å². The van der Waals surface area contributed by atoms with Gasteiger partial charge in [-0.25, -0.2) is 14.6 Å². The first kappa shape index (κ1) is 21.9. The Labute approximate surface area is 168 Å². The lowest BCUT2D eigenvalue weighted by Gasteiger charge is -2.17. The number of para-hydroxylation sites is 1. The molecule has 0 saturated carbocycles. The van der Waals surface area contributed by atoms with E-state index in [0.717, 1.165) is 38.1 Å². The smallest absolute Gasteiger partial charge is 0.414 e. The van der Waals surface area contributed by atoms with Gasteiger partial charge in [0.2, 0.25) is 0 Å². The molecule has 29 heavy (non-hydrogen) atoms. The number of benzene rings is 1. The summed E-state index contributed by atoms with van der Waals surface area (Å²) in [6.45, 7) is 1.81. The Bertz CT molecular complexity index is 899. The molecule has 2 N–H and O–H groups in total. The standard InChI is InChI=1S/C18H23N3O2.C2H2O4/c1-20-12-10-19-17(18(20)22)21-11-9-14(13-21)7-8-15-5-3-4-6-16(15)23-2;3-1(4)2(5)6/h3-6,10,12,14H,7-9,11,13H2,1-2H3;(H,3,4)(H,5,6). The monoisotopic (exact) mass is 403 g/mol. The van der Waals surface area contributed by atoms with Crippen molar-refractivity contribution in [1.29, 1.82) is 0 Å². The summed E-state index contributed by atoms with van der Waals surface area (Å²) in [7, 11) is 3.48. The molecule has 0 spiro atoms. The fraction of sp³-hybridized carbons (Fsp3) is 0.400. The van der Waals surface area contributed by atoms with E-state index in [1.54, 1.807) is 31.1 Å². The predicted molar refractivity (Wildman–Crippen MR) is 106 cm³/mol. The first-order chi connectivity index (χ1) is 13.8. The molecule has 1 aromatic heterocycles. The fourth-order valence-electron chi connectivity index (χ4n) is 3.23. The minimum Gasteiger partial charge on any atom is -0.496 e. The van der Waals surface area contributed by atoms with Crippen molar-refractivity contribution in [1.82, 2.24) is 9.55 Å². The van der Waals surface area contributed by atoms with E-state index in [-0.39, 0.29) is 5.56 Å². The summed E-state index contributed by atoms with van der Waals surface area (Å²) in [6, 6.07) is 8.18. The van der Waals surface area contributed by atoms with E-state index < -0.39 is 11.9 Å². The molecular weight excluding hydrogens is 378 g/mol. The van der Waals surface area contributed by atoms with Crippen LogP contribution in [0.5, 0.6) is 5.75 Å². The minimum atomic E-state index is -1.82. The van der Waals surface area contributed by atoms with Gasteiger partial charge in [0, 0.05) is 32.5 Å². The molecule has 9 heteroatoms. The normalized spacial score (nSPS) is 15.4. The first-order valence-corrected chi connectivity index (χ1v) is 9.18. The van der Waals surface area contributed by atoms with Crippen LogP contribution in [0.25, 0.3) is 0 Å². The largest absolute Gasteiger partial charge is 0.496 e. The maximum atomic E-state index is 12.2. The lowest BCUT2D eigenvalue weighted by atomic mass is 9.98. The Balaban J connectivity index is 0.000000438. The van der Waals surface area contributed by atoms with Gasteiger partial charge >= 0.3 is 11.9 Å². The molecule has 1 aliphatic rings. The molecule has 1 aromatic carbocycles. The highest BCUT2D eigenvalue weighted by Crippen LogP contribution is 2.26. The molecule has 1 aliphatic heterocycles. The molecule has 0 amide bonds. The number of anilines is 1. The molecule has 1 saturated heterocycles. The summed E-state index contributed by atoms with van der Waals surface area (Å²) in [4.78, 5) is 36.8. The van der Waals surface area contributed by atoms with E-state index in [0.29, 0.717) is 11.7 Å². The molecule has 1 atom stereocenters. The van der Waals surface area contributed by atoms with Crippen LogP contribution in [0.15, 0.2) is 41.5 Å². The number of carboxylic acid groups (broad SMARTS) is 2. The second-order valence-electron chi connectivity index (χ2n) is 6.73. The van der Waals surface area contributed by atoms with Crippen LogP contribution in [-0.4, -0.2) is 51.9 Å². The zero-order chi connectivity index (χ0) is 21.4. The van der Waals surface area contributed by atoms with Gasteiger partial charge in [-0.2, -0.15) is 0 Å². The minimum absolute atomic E-state index is 0.0159. The summed E-state index contributed by atoms with van der Waals surface area (Å²) in [5.41, 5.74) is 1.24.